The molecule has 1 unspecified atom stereocenters. The lowest BCUT2D eigenvalue weighted by atomic mass is 9.87. The number of amides is 1. The number of nitrogens with zero attached hydrogens (tertiary/aromatic N) is 2. The van der Waals surface area contributed by atoms with Crippen LogP contribution in [0.5, 0.6) is 5.88 Å². The molecule has 0 fully saturated rings. The van der Waals surface area contributed by atoms with E-state index in [4.69, 9.17) is 37.3 Å². The summed E-state index contributed by atoms with van der Waals surface area (Å²) in [7, 11) is 0. The summed E-state index contributed by atoms with van der Waals surface area (Å²) in [6.45, 7) is 9.59. The van der Waals surface area contributed by atoms with Gasteiger partial charge in [-0.15, -0.1) is 5.10 Å². The van der Waals surface area contributed by atoms with Gasteiger partial charge in [-0.1, -0.05) is 62.2 Å². The lowest BCUT2D eigenvalue weighted by molar-refractivity contribution is -0.129. The summed E-state index contributed by atoms with van der Waals surface area (Å²) in [5.41, 5.74) is 3.10. The average molecular weight is 567 g/mol. The number of nitrogens with one attached hydrogen (secondary N) is 2. The number of carbonyl (C=O) groups is 1. The first-order chi connectivity index (χ1) is 18.3. The topological polar surface area (TPSA) is 110 Å². The fourth-order valence-electron chi connectivity index (χ4n) is 4.50. The Balaban J connectivity index is 1.68. The minimum absolute atomic E-state index is 0.0584. The van der Waals surface area contributed by atoms with Crippen LogP contribution in [0.3, 0.4) is 0 Å². The molecule has 1 aliphatic heterocycles. The number of aromatic amines is 1. The average Bonchev–Trinajstić information content (AvgIpc) is 3.29. The first-order valence-corrected chi connectivity index (χ1v) is 13.2. The van der Waals surface area contributed by atoms with Gasteiger partial charge in [-0.05, 0) is 49.7 Å². The van der Waals surface area contributed by atoms with Gasteiger partial charge in [0.25, 0.3) is 0 Å². The fourth-order valence-corrected chi connectivity index (χ4v) is 4.90. The van der Waals surface area contributed by atoms with Gasteiger partial charge in [0, 0.05) is 39.1 Å². The smallest absolute Gasteiger partial charge is 0.434 e. The second-order valence-corrected chi connectivity index (χ2v) is 12.1. The third-order valence-electron chi connectivity index (χ3n) is 6.51. The number of H-pyrrole nitrogens is 1. The normalized spacial score (nSPS) is 16.3. The SMILES string of the molecule is CC1(C)CC(NC(=O)C(C)(C)C)c2cc(-c3ccc(Cl)cc3)c(-c3ccc(-c4n[nH]c(=O)o4)cc3Cl)nc2O1. The van der Waals surface area contributed by atoms with Gasteiger partial charge in [-0.25, -0.2) is 14.9 Å². The van der Waals surface area contributed by atoms with Crippen LogP contribution >= 0.6 is 23.2 Å². The first-order valence-electron chi connectivity index (χ1n) is 12.5. The zero-order chi connectivity index (χ0) is 28.1. The quantitative estimate of drug-likeness (QED) is 0.280. The Morgan fingerprint density at radius 1 is 1.05 bits per heavy atom. The predicted octanol–water partition coefficient (Wildman–Crippen LogP) is 6.83. The Kier molecular flexibility index (Phi) is 6.81. The molecule has 1 atom stereocenters. The maximum atomic E-state index is 13.0. The monoisotopic (exact) mass is 566 g/mol. The van der Waals surface area contributed by atoms with Crippen LogP contribution in [0, 0.1) is 5.41 Å². The zero-order valence-corrected chi connectivity index (χ0v) is 23.7. The number of hydrogen-bond acceptors (Lipinski definition) is 6. The van der Waals surface area contributed by atoms with E-state index in [0.29, 0.717) is 39.2 Å². The van der Waals surface area contributed by atoms with E-state index in [-0.39, 0.29) is 17.8 Å². The highest BCUT2D eigenvalue weighted by molar-refractivity contribution is 6.33. The molecule has 1 aliphatic rings. The van der Waals surface area contributed by atoms with Gasteiger partial charge >= 0.3 is 5.76 Å². The van der Waals surface area contributed by atoms with Gasteiger partial charge < -0.3 is 14.5 Å². The second-order valence-electron chi connectivity index (χ2n) is 11.2. The van der Waals surface area contributed by atoms with Gasteiger partial charge in [-0.3, -0.25) is 4.79 Å². The minimum atomic E-state index is -0.653. The van der Waals surface area contributed by atoms with E-state index >= 15 is 0 Å². The summed E-state index contributed by atoms with van der Waals surface area (Å²) in [5, 5.41) is 10.3. The largest absolute Gasteiger partial charge is 0.471 e. The van der Waals surface area contributed by atoms with Crippen molar-refractivity contribution in [3.8, 4) is 39.7 Å². The van der Waals surface area contributed by atoms with Crippen molar-refractivity contribution in [3.63, 3.8) is 0 Å². The lowest BCUT2D eigenvalue weighted by Crippen LogP contribution is -2.44. The summed E-state index contributed by atoms with van der Waals surface area (Å²) in [5.74, 6) is -0.153. The molecule has 0 saturated carbocycles. The number of fused-ring (bicyclic) bond motifs is 1. The van der Waals surface area contributed by atoms with E-state index in [9.17, 15) is 9.59 Å². The Hall–Kier alpha value is -3.62. The summed E-state index contributed by atoms with van der Waals surface area (Å²) in [6.07, 6.45) is 0.577. The highest BCUT2D eigenvalue weighted by atomic mass is 35.5. The van der Waals surface area contributed by atoms with Crippen LogP contribution in [0.4, 0.5) is 0 Å². The molecule has 5 rings (SSSR count). The molecule has 3 heterocycles. The third kappa shape index (κ3) is 5.58. The maximum Gasteiger partial charge on any atom is 0.434 e. The third-order valence-corrected chi connectivity index (χ3v) is 7.08. The molecule has 0 aliphatic carbocycles. The molecule has 39 heavy (non-hydrogen) atoms. The Morgan fingerprint density at radius 3 is 2.36 bits per heavy atom. The number of rotatable bonds is 4. The minimum Gasteiger partial charge on any atom is -0.471 e. The molecule has 8 nitrogen and oxygen atoms in total. The number of hydrogen-bond donors (Lipinski definition) is 2. The van der Waals surface area contributed by atoms with Crippen LogP contribution in [0.15, 0.2) is 57.7 Å². The van der Waals surface area contributed by atoms with E-state index in [2.05, 4.69) is 15.5 Å². The number of ether oxygens (including phenoxy) is 1. The van der Waals surface area contributed by atoms with Crippen LogP contribution in [0.1, 0.15) is 52.6 Å². The second kappa shape index (κ2) is 9.84. The van der Waals surface area contributed by atoms with Gasteiger partial charge in [0.05, 0.1) is 16.8 Å². The number of carbonyl (C=O) groups excluding carboxylic acids is 1. The van der Waals surface area contributed by atoms with Gasteiger partial charge in [0.2, 0.25) is 17.7 Å². The standard InChI is InChI=1S/C29H28Cl2N4O4/c1-28(2,3)26(36)32-22-14-29(4,5)39-25-20(22)13-19(15-6-9-17(30)10-7-15)23(33-25)18-11-8-16(12-21(18)31)24-34-35-27(37)38-24/h6-13,22H,14H2,1-5H3,(H,32,36)(H,35,37). The molecular weight excluding hydrogens is 539 g/mol. The van der Waals surface area contributed by atoms with Crippen molar-refractivity contribution in [2.75, 3.05) is 0 Å². The number of aromatic nitrogens is 3. The lowest BCUT2D eigenvalue weighted by Gasteiger charge is -2.38. The molecule has 0 bridgehead atoms. The molecule has 1 amide bonds. The highest BCUT2D eigenvalue weighted by Crippen LogP contribution is 2.45. The number of benzene rings is 2. The molecule has 2 aromatic heterocycles. The molecule has 0 saturated heterocycles. The van der Waals surface area contributed by atoms with Gasteiger partial charge in [0.1, 0.15) is 5.60 Å². The van der Waals surface area contributed by atoms with E-state index in [1.807, 2.05) is 65.0 Å². The van der Waals surface area contributed by atoms with Crippen molar-refractivity contribution in [2.24, 2.45) is 5.41 Å². The molecule has 2 aromatic carbocycles. The van der Waals surface area contributed by atoms with Crippen LogP contribution in [-0.4, -0.2) is 26.7 Å². The van der Waals surface area contributed by atoms with Crippen molar-refractivity contribution >= 4 is 29.1 Å². The first kappa shape index (κ1) is 27.0. The van der Waals surface area contributed by atoms with Crippen LogP contribution in [0.25, 0.3) is 33.8 Å². The molecule has 4 aromatic rings. The molecule has 10 heteroatoms. The molecule has 202 valence electrons. The molecule has 2 N–H and O–H groups in total. The van der Waals surface area contributed by atoms with E-state index < -0.39 is 16.8 Å². The van der Waals surface area contributed by atoms with Crippen LogP contribution in [0.2, 0.25) is 10.0 Å². The van der Waals surface area contributed by atoms with Crippen molar-refractivity contribution in [3.05, 3.63) is 74.7 Å². The van der Waals surface area contributed by atoms with Gasteiger partial charge in [0.15, 0.2) is 0 Å². The van der Waals surface area contributed by atoms with E-state index in [0.717, 1.165) is 16.7 Å². The number of halogens is 2. The summed E-state index contributed by atoms with van der Waals surface area (Å²) >= 11 is 13.0. The maximum absolute atomic E-state index is 13.0. The van der Waals surface area contributed by atoms with Crippen molar-refractivity contribution in [2.45, 2.75) is 52.7 Å². The Labute approximate surface area is 235 Å². The highest BCUT2D eigenvalue weighted by Gasteiger charge is 2.38. The summed E-state index contributed by atoms with van der Waals surface area (Å²) in [4.78, 5) is 29.4. The van der Waals surface area contributed by atoms with E-state index in [1.165, 1.54) is 0 Å². The molecule has 0 spiro atoms. The Morgan fingerprint density at radius 2 is 1.74 bits per heavy atom. The van der Waals surface area contributed by atoms with Crippen LogP contribution in [-0.2, 0) is 4.79 Å². The molecule has 0 radical (unpaired) electrons. The van der Waals surface area contributed by atoms with Gasteiger partial charge in [-0.2, -0.15) is 0 Å². The number of pyridine rings is 1. The van der Waals surface area contributed by atoms with Crippen LogP contribution < -0.4 is 15.8 Å². The summed E-state index contributed by atoms with van der Waals surface area (Å²) in [6, 6.07) is 14.4. The fraction of sp³-hybridized carbons (Fsp3) is 0.310. The zero-order valence-electron chi connectivity index (χ0n) is 22.2. The summed E-state index contributed by atoms with van der Waals surface area (Å²) < 4.78 is 11.4. The Bertz CT molecular complexity index is 1620. The van der Waals surface area contributed by atoms with Crippen molar-refractivity contribution in [1.29, 1.82) is 0 Å². The van der Waals surface area contributed by atoms with Crippen molar-refractivity contribution in [1.82, 2.24) is 20.5 Å². The molecular formula is C29H28Cl2N4O4. The van der Waals surface area contributed by atoms with Crippen molar-refractivity contribution < 1.29 is 13.9 Å². The van der Waals surface area contributed by atoms with E-state index in [1.54, 1.807) is 18.2 Å². The predicted molar refractivity (Wildman–Crippen MR) is 151 cm³/mol.